The summed E-state index contributed by atoms with van der Waals surface area (Å²) in [6, 6.07) is 7.97. The maximum absolute atomic E-state index is 5.49. The van der Waals surface area contributed by atoms with E-state index < -0.39 is 0 Å². The molecule has 4 aromatic rings. The van der Waals surface area contributed by atoms with Gasteiger partial charge < -0.3 is 9.47 Å². The second-order valence-corrected chi connectivity index (χ2v) is 7.24. The van der Waals surface area contributed by atoms with Crippen LogP contribution in [-0.2, 0) is 7.05 Å². The molecule has 148 valence electrons. The molecule has 1 aliphatic rings. The van der Waals surface area contributed by atoms with Crippen molar-refractivity contribution in [1.29, 1.82) is 0 Å². The molecule has 0 bridgehead atoms. The zero-order valence-electron chi connectivity index (χ0n) is 16.7. The minimum atomic E-state index is 0.382. The van der Waals surface area contributed by atoms with E-state index >= 15 is 0 Å². The highest BCUT2D eigenvalue weighted by Crippen LogP contribution is 2.54. The molecule has 9 heteroatoms. The number of methoxy groups -OCH3 is 2. The molecule has 5 rings (SSSR count). The van der Waals surface area contributed by atoms with Gasteiger partial charge in [0.2, 0.25) is 11.5 Å². The van der Waals surface area contributed by atoms with Gasteiger partial charge in [-0.1, -0.05) is 6.07 Å². The summed E-state index contributed by atoms with van der Waals surface area (Å²) in [7, 11) is 5.18. The number of ether oxygens (including phenoxy) is 2. The molecule has 0 spiro atoms. The summed E-state index contributed by atoms with van der Waals surface area (Å²) in [4.78, 5) is 4.32. The lowest BCUT2D eigenvalue weighted by Crippen LogP contribution is -2.02. The average Bonchev–Trinajstić information content (AvgIpc) is 3.33. The SMILES string of the molecule is COc1ccc(C2CC2c2cc(-c3cc(OC)c4nnc(C)n4n3)n(C)n2)cn1. The van der Waals surface area contributed by atoms with Crippen LogP contribution in [0.15, 0.2) is 30.5 Å². The fourth-order valence-electron chi connectivity index (χ4n) is 3.76. The molecule has 4 aromatic heterocycles. The Labute approximate surface area is 167 Å². The van der Waals surface area contributed by atoms with Gasteiger partial charge in [0.05, 0.1) is 25.6 Å². The van der Waals surface area contributed by atoms with Gasteiger partial charge in [0, 0.05) is 31.3 Å². The highest BCUT2D eigenvalue weighted by Gasteiger charge is 2.41. The summed E-state index contributed by atoms with van der Waals surface area (Å²) in [5, 5.41) is 17.7. The van der Waals surface area contributed by atoms with Crippen LogP contribution in [0.1, 0.15) is 35.3 Å². The number of aromatic nitrogens is 7. The molecule has 1 aliphatic carbocycles. The third kappa shape index (κ3) is 2.89. The second-order valence-electron chi connectivity index (χ2n) is 7.24. The Morgan fingerprint density at radius 3 is 2.62 bits per heavy atom. The zero-order valence-corrected chi connectivity index (χ0v) is 16.7. The number of pyridine rings is 1. The predicted octanol–water partition coefficient (Wildman–Crippen LogP) is 2.52. The summed E-state index contributed by atoms with van der Waals surface area (Å²) < 4.78 is 14.2. The molecule has 1 fully saturated rings. The molecule has 0 aromatic carbocycles. The number of rotatable bonds is 5. The monoisotopic (exact) mass is 391 g/mol. The Balaban J connectivity index is 1.47. The van der Waals surface area contributed by atoms with Crippen LogP contribution in [-0.4, -0.2) is 48.8 Å². The molecular formula is C20H21N7O2. The molecule has 2 unspecified atom stereocenters. The van der Waals surface area contributed by atoms with Crippen LogP contribution >= 0.6 is 0 Å². The van der Waals surface area contributed by atoms with Crippen LogP contribution in [0.2, 0.25) is 0 Å². The quantitative estimate of drug-likeness (QED) is 0.516. The summed E-state index contributed by atoms with van der Waals surface area (Å²) in [5.41, 5.74) is 4.56. The van der Waals surface area contributed by atoms with E-state index in [2.05, 4.69) is 27.3 Å². The number of nitrogens with zero attached hydrogens (tertiary/aromatic N) is 7. The van der Waals surface area contributed by atoms with Crippen molar-refractivity contribution in [2.45, 2.75) is 25.2 Å². The van der Waals surface area contributed by atoms with E-state index in [0.29, 0.717) is 34.9 Å². The van der Waals surface area contributed by atoms with E-state index in [1.165, 1.54) is 5.56 Å². The van der Waals surface area contributed by atoms with Crippen molar-refractivity contribution in [2.75, 3.05) is 14.2 Å². The average molecular weight is 391 g/mol. The highest BCUT2D eigenvalue weighted by molar-refractivity contribution is 5.63. The number of hydrogen-bond donors (Lipinski definition) is 0. The fourth-order valence-corrected chi connectivity index (χ4v) is 3.76. The first-order valence-corrected chi connectivity index (χ1v) is 9.40. The Morgan fingerprint density at radius 1 is 1.03 bits per heavy atom. The molecule has 0 aliphatic heterocycles. The number of hydrogen-bond acceptors (Lipinski definition) is 7. The van der Waals surface area contributed by atoms with Gasteiger partial charge in [-0.2, -0.15) is 14.7 Å². The normalized spacial score (nSPS) is 18.2. The Hall–Kier alpha value is -3.49. The van der Waals surface area contributed by atoms with Gasteiger partial charge in [0.25, 0.3) is 0 Å². The Kier molecular flexibility index (Phi) is 3.97. The first-order valence-electron chi connectivity index (χ1n) is 9.40. The van der Waals surface area contributed by atoms with Crippen molar-refractivity contribution < 1.29 is 9.47 Å². The Bertz CT molecular complexity index is 1200. The minimum Gasteiger partial charge on any atom is -0.493 e. The van der Waals surface area contributed by atoms with Crippen molar-refractivity contribution in [3.8, 4) is 23.0 Å². The second kappa shape index (κ2) is 6.54. The number of fused-ring (bicyclic) bond motifs is 1. The van der Waals surface area contributed by atoms with Crippen molar-refractivity contribution in [3.63, 3.8) is 0 Å². The molecule has 0 amide bonds. The molecule has 0 saturated heterocycles. The molecule has 0 N–H and O–H groups in total. The van der Waals surface area contributed by atoms with Crippen LogP contribution in [0.25, 0.3) is 17.0 Å². The predicted molar refractivity (Wildman–Crippen MR) is 105 cm³/mol. The largest absolute Gasteiger partial charge is 0.493 e. The van der Waals surface area contributed by atoms with Crippen molar-refractivity contribution in [1.82, 2.24) is 34.6 Å². The zero-order chi connectivity index (χ0) is 20.1. The molecule has 9 nitrogen and oxygen atoms in total. The maximum atomic E-state index is 5.49. The van der Waals surface area contributed by atoms with Crippen molar-refractivity contribution in [2.24, 2.45) is 7.05 Å². The van der Waals surface area contributed by atoms with Gasteiger partial charge >= 0.3 is 0 Å². The third-order valence-electron chi connectivity index (χ3n) is 5.44. The maximum Gasteiger partial charge on any atom is 0.219 e. The molecule has 4 heterocycles. The van der Waals surface area contributed by atoms with Crippen LogP contribution < -0.4 is 9.47 Å². The van der Waals surface area contributed by atoms with Gasteiger partial charge in [-0.25, -0.2) is 4.98 Å². The summed E-state index contributed by atoms with van der Waals surface area (Å²) >= 11 is 0. The van der Waals surface area contributed by atoms with E-state index in [9.17, 15) is 0 Å². The van der Waals surface area contributed by atoms with E-state index in [0.717, 1.165) is 23.5 Å². The van der Waals surface area contributed by atoms with Gasteiger partial charge in [0.15, 0.2) is 11.6 Å². The van der Waals surface area contributed by atoms with E-state index in [1.54, 1.807) is 18.7 Å². The molecule has 0 radical (unpaired) electrons. The fraction of sp³-hybridized carbons (Fsp3) is 0.350. The first-order chi connectivity index (χ1) is 14.1. The van der Waals surface area contributed by atoms with Crippen molar-refractivity contribution in [3.05, 3.63) is 47.5 Å². The lowest BCUT2D eigenvalue weighted by atomic mass is 10.1. The third-order valence-corrected chi connectivity index (χ3v) is 5.44. The van der Waals surface area contributed by atoms with Gasteiger partial charge in [-0.05, 0) is 30.9 Å². The summed E-state index contributed by atoms with van der Waals surface area (Å²) in [5.74, 6) is 2.78. The molecular weight excluding hydrogens is 370 g/mol. The van der Waals surface area contributed by atoms with Crippen LogP contribution in [0.4, 0.5) is 0 Å². The lowest BCUT2D eigenvalue weighted by Gasteiger charge is -2.06. The standard InChI is InChI=1S/C20H21N7O2/c1-11-22-23-20-18(28-3)9-16(25-27(11)20)17-8-15(24-26(17)2)14-7-13(14)12-5-6-19(29-4)21-10-12/h5-6,8-10,13-14H,7H2,1-4H3. The van der Waals surface area contributed by atoms with Crippen molar-refractivity contribution >= 4 is 5.65 Å². The topological polar surface area (TPSA) is 92.2 Å². The lowest BCUT2D eigenvalue weighted by molar-refractivity contribution is 0.397. The van der Waals surface area contributed by atoms with E-state index in [-0.39, 0.29) is 0 Å². The smallest absolute Gasteiger partial charge is 0.219 e. The highest BCUT2D eigenvalue weighted by atomic mass is 16.5. The number of aryl methyl sites for hydroxylation is 2. The summed E-state index contributed by atoms with van der Waals surface area (Å²) in [6.45, 7) is 1.86. The summed E-state index contributed by atoms with van der Waals surface area (Å²) in [6.07, 6.45) is 2.95. The first kappa shape index (κ1) is 17.6. The van der Waals surface area contributed by atoms with Crippen LogP contribution in [0.5, 0.6) is 11.6 Å². The van der Waals surface area contributed by atoms with E-state index in [1.807, 2.05) is 37.0 Å². The molecule has 1 saturated carbocycles. The molecule has 2 atom stereocenters. The van der Waals surface area contributed by atoms with E-state index in [4.69, 9.17) is 19.7 Å². The van der Waals surface area contributed by atoms with Gasteiger partial charge in [-0.3, -0.25) is 4.68 Å². The van der Waals surface area contributed by atoms with Gasteiger partial charge in [0.1, 0.15) is 5.69 Å². The minimum absolute atomic E-state index is 0.382. The van der Waals surface area contributed by atoms with Crippen LogP contribution in [0.3, 0.4) is 0 Å². The van der Waals surface area contributed by atoms with Crippen LogP contribution in [0, 0.1) is 6.92 Å². The molecule has 29 heavy (non-hydrogen) atoms. The Morgan fingerprint density at radius 2 is 1.90 bits per heavy atom. The van der Waals surface area contributed by atoms with Gasteiger partial charge in [-0.15, -0.1) is 10.2 Å².